The van der Waals surface area contributed by atoms with Gasteiger partial charge in [-0.3, -0.25) is 6.79 Å². The first-order valence-electron chi connectivity index (χ1n) is 0.943. The predicted octanol–water partition coefficient (Wildman–Crippen LogP) is 0.564. The molecule has 0 unspecified atom stereocenters. The molecule has 2 heteroatoms. The average Bonchev–Trinajstić information content (AvgIpc) is 1.50. The van der Waals surface area contributed by atoms with Gasteiger partial charge in [-0.25, -0.2) is 0 Å². The van der Waals surface area contributed by atoms with Crippen LogP contribution in [0.5, 0.6) is 0 Å². The van der Waals surface area contributed by atoms with Crippen molar-refractivity contribution in [3.05, 3.63) is 6.92 Å². The molecule has 0 saturated carbocycles. The molecule has 0 aliphatic carbocycles. The Balaban J connectivity index is -0.0000000133. The molecule has 0 spiro atoms. The van der Waals surface area contributed by atoms with E-state index in [9.17, 15) is 0 Å². The van der Waals surface area contributed by atoms with Gasteiger partial charge in [-0.2, -0.15) is 6.92 Å². The zero-order valence-corrected chi connectivity index (χ0v) is 6.11. The van der Waals surface area contributed by atoms with E-state index in [1.165, 1.54) is 0 Å². The molecule has 29 valence electrons. The van der Waals surface area contributed by atoms with Crippen LogP contribution in [0.15, 0.2) is 0 Å². The molecule has 5 heavy (non-hydrogen) atoms. The number of hydrogen-bond acceptors (Lipinski definition) is 1. The first-order valence-corrected chi connectivity index (χ1v) is 0.943. The third-order valence-corrected chi connectivity index (χ3v) is 0. The molecule has 0 aromatic heterocycles. The van der Waals surface area contributed by atoms with Crippen LogP contribution in [0.2, 0.25) is 0 Å². The molecule has 1 nitrogen and oxygen atoms in total. The molecule has 0 fully saturated rings. The van der Waals surface area contributed by atoms with Crippen molar-refractivity contribution in [2.45, 2.75) is 6.92 Å². The van der Waals surface area contributed by atoms with Crippen LogP contribution in [0.1, 0.15) is 6.92 Å². The van der Waals surface area contributed by atoms with E-state index >= 15 is 0 Å². The SMILES string of the molecule is [CH-]=O.[CH2-]C.[Y]. The summed E-state index contributed by atoms with van der Waals surface area (Å²) in [6.45, 7) is 8.25. The zero-order valence-electron chi connectivity index (χ0n) is 3.27. The first-order chi connectivity index (χ1) is 2.00. The van der Waals surface area contributed by atoms with Gasteiger partial charge < -0.3 is 11.7 Å². The standard InChI is InChI=1S/C2H5.CHO.Y/c2*1-2;/h1H2,2H3;1H;/q2*-1;. The van der Waals surface area contributed by atoms with Crippen LogP contribution in [0.3, 0.4) is 0 Å². The van der Waals surface area contributed by atoms with E-state index in [2.05, 4.69) is 13.7 Å². The summed E-state index contributed by atoms with van der Waals surface area (Å²) in [5, 5.41) is 0. The summed E-state index contributed by atoms with van der Waals surface area (Å²) in [5.41, 5.74) is 0. The molecular weight excluding hydrogens is 141 g/mol. The molecule has 0 saturated heterocycles. The molecule has 0 aliphatic heterocycles. The largest absolute Gasteiger partial charge is 0.545 e. The van der Waals surface area contributed by atoms with Crippen molar-refractivity contribution >= 4 is 6.79 Å². The number of carbonyl (C=O) groups excluding carboxylic acids is 1. The van der Waals surface area contributed by atoms with Crippen LogP contribution in [0.25, 0.3) is 0 Å². The third-order valence-electron chi connectivity index (χ3n) is 0. The Labute approximate surface area is 58.0 Å². The fourth-order valence-electron chi connectivity index (χ4n) is 0. The topological polar surface area (TPSA) is 17.1 Å². The molecule has 0 aromatic rings. The predicted molar refractivity (Wildman–Crippen MR) is 17.8 cm³/mol. The molecule has 0 amide bonds. The van der Waals surface area contributed by atoms with E-state index in [1.54, 1.807) is 6.92 Å². The van der Waals surface area contributed by atoms with Gasteiger partial charge in [0.1, 0.15) is 0 Å². The Morgan fingerprint density at radius 3 is 1.40 bits per heavy atom. The Bertz CT molecular complexity index is 6.85. The van der Waals surface area contributed by atoms with Gasteiger partial charge in [0.25, 0.3) is 0 Å². The van der Waals surface area contributed by atoms with E-state index in [0.29, 0.717) is 0 Å². The van der Waals surface area contributed by atoms with E-state index in [0.717, 1.165) is 0 Å². The first kappa shape index (κ1) is 17.1. The van der Waals surface area contributed by atoms with Gasteiger partial charge >= 0.3 is 0 Å². The summed E-state index contributed by atoms with van der Waals surface area (Å²) in [4.78, 5) is 7.75. The maximum atomic E-state index is 7.75. The molecule has 0 atom stereocenters. The molecule has 0 aliphatic rings. The fraction of sp³-hybridized carbons (Fsp3) is 0.333. The second-order valence-corrected chi connectivity index (χ2v) is 0. The summed E-state index contributed by atoms with van der Waals surface area (Å²) >= 11 is 0. The second kappa shape index (κ2) is 114. The quantitative estimate of drug-likeness (QED) is 0.361. The van der Waals surface area contributed by atoms with Crippen molar-refractivity contribution < 1.29 is 37.5 Å². The van der Waals surface area contributed by atoms with Crippen LogP contribution < -0.4 is 0 Å². The van der Waals surface area contributed by atoms with Gasteiger partial charge in [0.05, 0.1) is 0 Å². The minimum absolute atomic E-state index is 0. The van der Waals surface area contributed by atoms with Crippen LogP contribution in [-0.2, 0) is 37.5 Å². The van der Waals surface area contributed by atoms with Crippen molar-refractivity contribution in [2.24, 2.45) is 0 Å². The van der Waals surface area contributed by atoms with Crippen molar-refractivity contribution in [2.75, 3.05) is 0 Å². The van der Waals surface area contributed by atoms with Gasteiger partial charge in [0.15, 0.2) is 0 Å². The van der Waals surface area contributed by atoms with E-state index in [4.69, 9.17) is 4.79 Å². The molecule has 0 rings (SSSR count). The third kappa shape index (κ3) is 61.3. The summed E-state index contributed by atoms with van der Waals surface area (Å²) in [5.74, 6) is 0. The van der Waals surface area contributed by atoms with E-state index < -0.39 is 0 Å². The fourth-order valence-corrected chi connectivity index (χ4v) is 0. The minimum atomic E-state index is 0. The van der Waals surface area contributed by atoms with Crippen molar-refractivity contribution in [3.63, 3.8) is 0 Å². The number of rotatable bonds is 0. The average molecular weight is 147 g/mol. The molecule has 0 N–H and O–H groups in total. The van der Waals surface area contributed by atoms with E-state index in [1.807, 2.05) is 0 Å². The Morgan fingerprint density at radius 2 is 1.40 bits per heavy atom. The van der Waals surface area contributed by atoms with Gasteiger partial charge in [-0.05, 0) is 0 Å². The van der Waals surface area contributed by atoms with Crippen LogP contribution in [0.4, 0.5) is 0 Å². The van der Waals surface area contributed by atoms with Gasteiger partial charge in [-0.15, -0.1) is 0 Å². The van der Waals surface area contributed by atoms with Crippen molar-refractivity contribution in [1.29, 1.82) is 0 Å². The molecule has 0 bridgehead atoms. The molecule has 1 radical (unpaired) electrons. The summed E-state index contributed by atoms with van der Waals surface area (Å²) in [6, 6.07) is 0. The van der Waals surface area contributed by atoms with Crippen molar-refractivity contribution in [1.82, 2.24) is 0 Å². The summed E-state index contributed by atoms with van der Waals surface area (Å²) in [6.07, 6.45) is 0. The maximum absolute atomic E-state index is 7.75. The smallest absolute Gasteiger partial charge is 0 e. The van der Waals surface area contributed by atoms with Crippen LogP contribution in [-0.4, -0.2) is 6.79 Å². The molecular formula is C3H6OY-2. The number of hydrogen-bond donors (Lipinski definition) is 0. The summed E-state index contributed by atoms with van der Waals surface area (Å²) < 4.78 is 0. The molecule has 0 aromatic carbocycles. The van der Waals surface area contributed by atoms with E-state index in [-0.39, 0.29) is 32.7 Å². The zero-order chi connectivity index (χ0) is 4.00. The monoisotopic (exact) mass is 147 g/mol. The molecule has 0 heterocycles. The van der Waals surface area contributed by atoms with Gasteiger partial charge in [-0.1, -0.05) is 0 Å². The van der Waals surface area contributed by atoms with Crippen molar-refractivity contribution in [3.8, 4) is 0 Å². The Morgan fingerprint density at radius 1 is 1.40 bits per heavy atom. The van der Waals surface area contributed by atoms with Gasteiger partial charge in [0, 0.05) is 32.7 Å². The van der Waals surface area contributed by atoms with Crippen LogP contribution >= 0.6 is 0 Å². The van der Waals surface area contributed by atoms with Gasteiger partial charge in [0.2, 0.25) is 0 Å². The Hall–Kier alpha value is 0.774. The Kier molecular flexibility index (Phi) is 388. The minimum Gasteiger partial charge on any atom is -0.545 e. The van der Waals surface area contributed by atoms with Crippen LogP contribution in [0, 0.1) is 6.92 Å². The second-order valence-electron chi connectivity index (χ2n) is 0. The maximum Gasteiger partial charge on any atom is 0 e. The normalized spacial score (nSPS) is 2.00. The summed E-state index contributed by atoms with van der Waals surface area (Å²) in [7, 11) is 0.